The van der Waals surface area contributed by atoms with Crippen molar-refractivity contribution in [2.24, 2.45) is 0 Å². The quantitative estimate of drug-likeness (QED) is 0.728. The van der Waals surface area contributed by atoms with Crippen molar-refractivity contribution in [1.29, 1.82) is 0 Å². The van der Waals surface area contributed by atoms with Crippen molar-refractivity contribution in [1.82, 2.24) is 4.57 Å². The van der Waals surface area contributed by atoms with Crippen LogP contribution in [-0.4, -0.2) is 21.7 Å². The van der Waals surface area contributed by atoms with Gasteiger partial charge >= 0.3 is 13.3 Å². The minimum atomic E-state index is -4.39. The molecule has 0 atom stereocenters. The highest BCUT2D eigenvalue weighted by Gasteiger charge is 2.30. The summed E-state index contributed by atoms with van der Waals surface area (Å²) >= 11 is 0. The molecule has 0 radical (unpaired) electrons. The molecule has 118 valence electrons. The largest absolute Gasteiger partial charge is 0.490 e. The van der Waals surface area contributed by atoms with Crippen molar-refractivity contribution in [3.05, 3.63) is 65.9 Å². The van der Waals surface area contributed by atoms with E-state index in [1.165, 1.54) is 6.07 Å². The minimum absolute atomic E-state index is 0.206. The minimum Gasteiger partial charge on any atom is -0.423 e. The van der Waals surface area contributed by atoms with E-state index >= 15 is 0 Å². The van der Waals surface area contributed by atoms with Gasteiger partial charge in [0.25, 0.3) is 0 Å². The molecule has 0 aliphatic heterocycles. The molecule has 3 rings (SSSR count). The first-order valence-corrected chi connectivity index (χ1v) is 6.96. The second-order valence-corrected chi connectivity index (χ2v) is 5.30. The molecule has 0 aliphatic carbocycles. The van der Waals surface area contributed by atoms with Gasteiger partial charge in [-0.05, 0) is 29.1 Å². The molecule has 0 saturated carbocycles. The number of rotatable bonds is 3. The van der Waals surface area contributed by atoms with Crippen LogP contribution in [0.4, 0.5) is 13.2 Å². The zero-order valence-corrected chi connectivity index (χ0v) is 12.0. The van der Waals surface area contributed by atoms with E-state index in [-0.39, 0.29) is 6.54 Å². The first kappa shape index (κ1) is 15.6. The predicted molar refractivity (Wildman–Crippen MR) is 82.3 cm³/mol. The molecule has 3 aromatic rings. The van der Waals surface area contributed by atoms with Crippen LogP contribution in [0.25, 0.3) is 10.9 Å². The van der Waals surface area contributed by atoms with Gasteiger partial charge in [0.1, 0.15) is 0 Å². The summed E-state index contributed by atoms with van der Waals surface area (Å²) in [5.74, 6) is 0. The molecule has 0 fully saturated rings. The highest BCUT2D eigenvalue weighted by atomic mass is 19.4. The number of fused-ring (bicyclic) bond motifs is 1. The Morgan fingerprint density at radius 2 is 1.74 bits per heavy atom. The van der Waals surface area contributed by atoms with Crippen LogP contribution in [0.5, 0.6) is 0 Å². The summed E-state index contributed by atoms with van der Waals surface area (Å²) in [4.78, 5) is 0. The lowest BCUT2D eigenvalue weighted by Gasteiger charge is -2.10. The summed E-state index contributed by atoms with van der Waals surface area (Å²) in [7, 11) is -1.64. The van der Waals surface area contributed by atoms with Crippen molar-refractivity contribution in [3.8, 4) is 0 Å². The summed E-state index contributed by atoms with van der Waals surface area (Å²) in [6.45, 7) is 0.206. The lowest BCUT2D eigenvalue weighted by Crippen LogP contribution is -2.29. The molecule has 1 aromatic heterocycles. The highest BCUT2D eigenvalue weighted by molar-refractivity contribution is 6.62. The second-order valence-electron chi connectivity index (χ2n) is 5.30. The van der Waals surface area contributed by atoms with Crippen LogP contribution < -0.4 is 5.46 Å². The van der Waals surface area contributed by atoms with E-state index in [9.17, 15) is 23.2 Å². The maximum Gasteiger partial charge on any atom is 0.490 e. The summed E-state index contributed by atoms with van der Waals surface area (Å²) < 4.78 is 40.1. The average molecular weight is 319 g/mol. The van der Waals surface area contributed by atoms with E-state index in [4.69, 9.17) is 0 Å². The number of aromatic nitrogens is 1. The second kappa shape index (κ2) is 5.75. The van der Waals surface area contributed by atoms with Crippen molar-refractivity contribution in [3.63, 3.8) is 0 Å². The molecule has 1 heterocycles. The third-order valence-electron chi connectivity index (χ3n) is 3.70. The smallest absolute Gasteiger partial charge is 0.423 e. The first-order chi connectivity index (χ1) is 10.9. The lowest BCUT2D eigenvalue weighted by atomic mass is 9.80. The lowest BCUT2D eigenvalue weighted by molar-refractivity contribution is -0.137. The number of nitrogens with zero attached hydrogens (tertiary/aromatic N) is 1. The highest BCUT2D eigenvalue weighted by Crippen LogP contribution is 2.29. The maximum atomic E-state index is 12.8. The molecule has 0 aliphatic rings. The first-order valence-electron chi connectivity index (χ1n) is 6.96. The number of hydrogen-bond donors (Lipinski definition) is 2. The van der Waals surface area contributed by atoms with E-state index in [2.05, 4.69) is 0 Å². The molecule has 2 aromatic carbocycles. The van der Waals surface area contributed by atoms with Gasteiger partial charge in [-0.1, -0.05) is 30.3 Å². The topological polar surface area (TPSA) is 45.4 Å². The standard InChI is InChI=1S/C16H13BF3NO2/c18-16(19,20)12-5-3-4-11(8-12)9-21-10-14(17(22)23)13-6-1-2-7-15(13)21/h1-8,10,22-23H,9H2. The fraction of sp³-hybridized carbons (Fsp3) is 0.125. The number of benzene rings is 2. The van der Waals surface area contributed by atoms with Gasteiger partial charge < -0.3 is 14.6 Å². The SMILES string of the molecule is OB(O)c1cn(Cc2cccc(C(F)(F)F)c2)c2ccccc12. The molecule has 23 heavy (non-hydrogen) atoms. The molecule has 3 nitrogen and oxygen atoms in total. The maximum absolute atomic E-state index is 12.8. The molecule has 7 heteroatoms. The van der Waals surface area contributed by atoms with Crippen molar-refractivity contribution in [2.45, 2.75) is 12.7 Å². The third kappa shape index (κ3) is 3.11. The Morgan fingerprint density at radius 1 is 1.00 bits per heavy atom. The van der Waals surface area contributed by atoms with Crippen LogP contribution >= 0.6 is 0 Å². The van der Waals surface area contributed by atoms with Gasteiger partial charge in [-0.3, -0.25) is 0 Å². The Bertz CT molecular complexity index is 843. The van der Waals surface area contributed by atoms with Gasteiger partial charge in [0.2, 0.25) is 0 Å². The summed E-state index contributed by atoms with van der Waals surface area (Å²) in [6, 6.07) is 12.2. The molecule has 0 amide bonds. The van der Waals surface area contributed by atoms with Gasteiger partial charge in [0, 0.05) is 23.7 Å². The molecule has 0 spiro atoms. The molecular weight excluding hydrogens is 306 g/mol. The predicted octanol–water partition coefficient (Wildman–Crippen LogP) is 2.39. The average Bonchev–Trinajstić information content (AvgIpc) is 2.86. The molecular formula is C16H13BF3NO2. The van der Waals surface area contributed by atoms with Gasteiger partial charge in [0.05, 0.1) is 5.56 Å². The summed E-state index contributed by atoms with van der Waals surface area (Å²) in [5, 5.41) is 19.6. The van der Waals surface area contributed by atoms with Crippen molar-refractivity contribution < 1.29 is 23.2 Å². The summed E-state index contributed by atoms with van der Waals surface area (Å²) in [5.41, 5.74) is 0.842. The van der Waals surface area contributed by atoms with E-state index in [1.807, 2.05) is 0 Å². The molecule has 2 N–H and O–H groups in total. The van der Waals surface area contributed by atoms with Gasteiger partial charge in [0.15, 0.2) is 0 Å². The molecule has 0 saturated heterocycles. The Morgan fingerprint density at radius 3 is 2.43 bits per heavy atom. The molecule has 0 bridgehead atoms. The van der Waals surface area contributed by atoms with E-state index in [1.54, 1.807) is 41.1 Å². The zero-order chi connectivity index (χ0) is 16.6. The Hall–Kier alpha value is -2.25. The van der Waals surface area contributed by atoms with E-state index < -0.39 is 18.9 Å². The van der Waals surface area contributed by atoms with Crippen LogP contribution in [0.1, 0.15) is 11.1 Å². The molecule has 0 unspecified atom stereocenters. The van der Waals surface area contributed by atoms with Crippen molar-refractivity contribution in [2.75, 3.05) is 0 Å². The number of halogens is 3. The monoisotopic (exact) mass is 319 g/mol. The number of para-hydroxylation sites is 1. The Kier molecular flexibility index (Phi) is 3.91. The van der Waals surface area contributed by atoms with Crippen LogP contribution in [0.15, 0.2) is 54.7 Å². The van der Waals surface area contributed by atoms with Gasteiger partial charge in [-0.15, -0.1) is 0 Å². The number of alkyl halides is 3. The third-order valence-corrected chi connectivity index (χ3v) is 3.70. The van der Waals surface area contributed by atoms with E-state index in [0.717, 1.165) is 17.6 Å². The fourth-order valence-corrected chi connectivity index (χ4v) is 2.65. The van der Waals surface area contributed by atoms with Crippen LogP contribution in [-0.2, 0) is 12.7 Å². The van der Waals surface area contributed by atoms with Crippen LogP contribution in [0.2, 0.25) is 0 Å². The normalized spacial score (nSPS) is 11.9. The Labute approximate surface area is 130 Å². The fourth-order valence-electron chi connectivity index (χ4n) is 2.65. The van der Waals surface area contributed by atoms with Crippen molar-refractivity contribution >= 4 is 23.5 Å². The van der Waals surface area contributed by atoms with Crippen LogP contribution in [0.3, 0.4) is 0 Å². The zero-order valence-electron chi connectivity index (χ0n) is 12.0. The summed E-state index contributed by atoms with van der Waals surface area (Å²) in [6.07, 6.45) is -2.84. The van der Waals surface area contributed by atoms with E-state index in [0.29, 0.717) is 16.4 Å². The van der Waals surface area contributed by atoms with Gasteiger partial charge in [-0.2, -0.15) is 13.2 Å². The Balaban J connectivity index is 2.02. The van der Waals surface area contributed by atoms with Crippen LogP contribution in [0, 0.1) is 0 Å². The number of hydrogen-bond acceptors (Lipinski definition) is 2. The van der Waals surface area contributed by atoms with Gasteiger partial charge in [-0.25, -0.2) is 0 Å².